The van der Waals surface area contributed by atoms with Crippen LogP contribution in [-0.2, 0) is 11.3 Å². The number of hydrogen-bond acceptors (Lipinski definition) is 4. The van der Waals surface area contributed by atoms with Crippen molar-refractivity contribution in [3.05, 3.63) is 40.9 Å². The maximum atomic E-state index is 11.5. The highest BCUT2D eigenvalue weighted by Crippen LogP contribution is 2.27. The number of nitrogens with one attached hydrogen (secondary N) is 1. The number of aryl methyl sites for hydroxylation is 1. The Labute approximate surface area is 128 Å². The van der Waals surface area contributed by atoms with Gasteiger partial charge in [0.1, 0.15) is 5.01 Å². The van der Waals surface area contributed by atoms with Gasteiger partial charge in [-0.05, 0) is 13.8 Å². The number of halogens is 1. The molecule has 2 rings (SSSR count). The normalized spacial score (nSPS) is 11.6. The van der Waals surface area contributed by atoms with E-state index in [1.165, 1.54) is 0 Å². The predicted octanol–water partition coefficient (Wildman–Crippen LogP) is 2.50. The highest BCUT2D eigenvalue weighted by atomic mass is 35.5. The third-order valence-electron chi connectivity index (χ3n) is 2.75. The first-order chi connectivity index (χ1) is 9.08. The minimum Gasteiger partial charge on any atom is -0.350 e. The quantitative estimate of drug-likeness (QED) is 0.911. The molecule has 0 spiro atoms. The molecule has 6 heteroatoms. The van der Waals surface area contributed by atoms with E-state index in [1.54, 1.807) is 18.3 Å². The molecular weight excluding hydrogens is 294 g/mol. The molecule has 1 aromatic heterocycles. The minimum atomic E-state index is -0.484. The minimum absolute atomic E-state index is 0. The third kappa shape index (κ3) is 4.03. The second kappa shape index (κ2) is 7.38. The van der Waals surface area contributed by atoms with Crippen LogP contribution in [0.3, 0.4) is 0 Å². The van der Waals surface area contributed by atoms with Crippen LogP contribution in [-0.4, -0.2) is 16.9 Å². The van der Waals surface area contributed by atoms with Gasteiger partial charge in [0.15, 0.2) is 0 Å². The molecule has 1 heterocycles. The maximum Gasteiger partial charge on any atom is 0.236 e. The summed E-state index contributed by atoms with van der Waals surface area (Å²) in [5.74, 6) is -0.144. The van der Waals surface area contributed by atoms with E-state index in [4.69, 9.17) is 5.73 Å². The van der Waals surface area contributed by atoms with Crippen molar-refractivity contribution in [2.45, 2.75) is 26.4 Å². The third-order valence-corrected chi connectivity index (χ3v) is 3.96. The lowest BCUT2D eigenvalue weighted by Crippen LogP contribution is -2.37. The van der Waals surface area contributed by atoms with Crippen molar-refractivity contribution in [3.63, 3.8) is 0 Å². The highest BCUT2D eigenvalue weighted by Gasteiger charge is 2.11. The molecule has 20 heavy (non-hydrogen) atoms. The standard InChI is InChI=1S/C14H17N3OS.ClH/c1-9(15)13(18)16-8-12-10(2)17-14(19-12)11-6-4-3-5-7-11;/h3-7,9H,8,15H2,1-2H3,(H,16,18);1H/t9-;/m1./s1. The summed E-state index contributed by atoms with van der Waals surface area (Å²) in [6.45, 7) is 4.11. The summed E-state index contributed by atoms with van der Waals surface area (Å²) >= 11 is 1.60. The van der Waals surface area contributed by atoms with Gasteiger partial charge in [0.05, 0.1) is 18.3 Å². The number of aromatic nitrogens is 1. The van der Waals surface area contributed by atoms with Crippen molar-refractivity contribution in [1.82, 2.24) is 10.3 Å². The molecule has 0 aliphatic carbocycles. The van der Waals surface area contributed by atoms with Crippen molar-refractivity contribution in [2.24, 2.45) is 5.73 Å². The van der Waals surface area contributed by atoms with E-state index in [0.717, 1.165) is 21.1 Å². The predicted molar refractivity (Wildman–Crippen MR) is 85.0 cm³/mol. The Kier molecular flexibility index (Phi) is 6.13. The first kappa shape index (κ1) is 16.6. The molecule has 0 unspecified atom stereocenters. The van der Waals surface area contributed by atoms with Gasteiger partial charge in [-0.1, -0.05) is 30.3 Å². The molecule has 1 amide bonds. The molecule has 4 nitrogen and oxygen atoms in total. The van der Waals surface area contributed by atoms with Gasteiger partial charge >= 0.3 is 0 Å². The van der Waals surface area contributed by atoms with Crippen molar-refractivity contribution >= 4 is 29.7 Å². The number of nitrogens with zero attached hydrogens (tertiary/aromatic N) is 1. The van der Waals surface area contributed by atoms with Crippen LogP contribution in [0.5, 0.6) is 0 Å². The summed E-state index contributed by atoms with van der Waals surface area (Å²) in [6.07, 6.45) is 0. The fourth-order valence-electron chi connectivity index (χ4n) is 1.62. The summed E-state index contributed by atoms with van der Waals surface area (Å²) in [5, 5.41) is 3.79. The summed E-state index contributed by atoms with van der Waals surface area (Å²) in [6, 6.07) is 9.54. The van der Waals surface area contributed by atoms with Gasteiger partial charge in [-0.2, -0.15) is 0 Å². The lowest BCUT2D eigenvalue weighted by Gasteiger charge is -2.06. The van der Waals surface area contributed by atoms with E-state index < -0.39 is 6.04 Å². The van der Waals surface area contributed by atoms with Gasteiger partial charge in [0.2, 0.25) is 5.91 Å². The van der Waals surface area contributed by atoms with E-state index in [0.29, 0.717) is 6.54 Å². The van der Waals surface area contributed by atoms with Crippen LogP contribution >= 0.6 is 23.7 Å². The van der Waals surface area contributed by atoms with Crippen LogP contribution in [0.15, 0.2) is 30.3 Å². The highest BCUT2D eigenvalue weighted by molar-refractivity contribution is 7.15. The monoisotopic (exact) mass is 311 g/mol. The Bertz CT molecular complexity index is 569. The van der Waals surface area contributed by atoms with Gasteiger partial charge in [0.25, 0.3) is 0 Å². The molecule has 0 bridgehead atoms. The number of thiazole rings is 1. The SMILES string of the molecule is Cc1nc(-c2ccccc2)sc1CNC(=O)[C@@H](C)N.Cl. The largest absolute Gasteiger partial charge is 0.350 e. The molecule has 0 saturated carbocycles. The van der Waals surface area contributed by atoms with E-state index in [-0.39, 0.29) is 18.3 Å². The van der Waals surface area contributed by atoms with E-state index in [9.17, 15) is 4.79 Å². The van der Waals surface area contributed by atoms with Gasteiger partial charge in [-0.25, -0.2) is 4.98 Å². The smallest absolute Gasteiger partial charge is 0.236 e. The lowest BCUT2D eigenvalue weighted by molar-refractivity contribution is -0.122. The number of hydrogen-bond donors (Lipinski definition) is 2. The summed E-state index contributed by atoms with van der Waals surface area (Å²) in [5.41, 5.74) is 7.56. The molecule has 1 aromatic carbocycles. The number of amides is 1. The average molecular weight is 312 g/mol. The van der Waals surface area contributed by atoms with Gasteiger partial charge in [-0.3, -0.25) is 4.79 Å². The first-order valence-electron chi connectivity index (χ1n) is 6.13. The molecule has 2 aromatic rings. The maximum absolute atomic E-state index is 11.5. The molecule has 0 fully saturated rings. The molecule has 0 saturated heterocycles. The zero-order chi connectivity index (χ0) is 13.8. The van der Waals surface area contributed by atoms with E-state index in [2.05, 4.69) is 10.3 Å². The Morgan fingerprint density at radius 2 is 2.05 bits per heavy atom. The zero-order valence-corrected chi connectivity index (χ0v) is 13.1. The number of rotatable bonds is 4. The second-order valence-electron chi connectivity index (χ2n) is 4.40. The van der Waals surface area contributed by atoms with E-state index in [1.807, 2.05) is 37.3 Å². The Hall–Kier alpha value is -1.43. The van der Waals surface area contributed by atoms with Gasteiger partial charge < -0.3 is 11.1 Å². The van der Waals surface area contributed by atoms with Crippen LogP contribution < -0.4 is 11.1 Å². The zero-order valence-electron chi connectivity index (χ0n) is 11.4. The number of benzene rings is 1. The molecule has 1 atom stereocenters. The second-order valence-corrected chi connectivity index (χ2v) is 5.48. The van der Waals surface area contributed by atoms with E-state index >= 15 is 0 Å². The molecule has 108 valence electrons. The number of carbonyl (C=O) groups is 1. The average Bonchev–Trinajstić information content (AvgIpc) is 2.78. The summed E-state index contributed by atoms with van der Waals surface area (Å²) in [4.78, 5) is 17.1. The molecule has 0 aliphatic rings. The van der Waals surface area contributed by atoms with Crippen LogP contribution in [0.4, 0.5) is 0 Å². The summed E-state index contributed by atoms with van der Waals surface area (Å²) in [7, 11) is 0. The Balaban J connectivity index is 0.00000200. The van der Waals surface area contributed by atoms with Crippen LogP contribution in [0.1, 0.15) is 17.5 Å². The van der Waals surface area contributed by atoms with Crippen molar-refractivity contribution in [3.8, 4) is 10.6 Å². The van der Waals surface area contributed by atoms with Gasteiger partial charge in [0, 0.05) is 10.4 Å². The van der Waals surface area contributed by atoms with Crippen molar-refractivity contribution in [1.29, 1.82) is 0 Å². The van der Waals surface area contributed by atoms with Gasteiger partial charge in [-0.15, -0.1) is 23.7 Å². The number of nitrogens with two attached hydrogens (primary N) is 1. The molecular formula is C14H18ClN3OS. The van der Waals surface area contributed by atoms with Crippen molar-refractivity contribution < 1.29 is 4.79 Å². The topological polar surface area (TPSA) is 68.0 Å². The first-order valence-corrected chi connectivity index (χ1v) is 6.94. The van der Waals surface area contributed by atoms with Crippen LogP contribution in [0.2, 0.25) is 0 Å². The van der Waals surface area contributed by atoms with Crippen molar-refractivity contribution in [2.75, 3.05) is 0 Å². The van der Waals surface area contributed by atoms with Crippen LogP contribution in [0, 0.1) is 6.92 Å². The molecule has 3 N–H and O–H groups in total. The number of carbonyl (C=O) groups excluding carboxylic acids is 1. The Morgan fingerprint density at radius 1 is 1.40 bits per heavy atom. The molecule has 0 aliphatic heterocycles. The summed E-state index contributed by atoms with van der Waals surface area (Å²) < 4.78 is 0. The van der Waals surface area contributed by atoms with Crippen LogP contribution in [0.25, 0.3) is 10.6 Å². The fraction of sp³-hybridized carbons (Fsp3) is 0.286. The Morgan fingerprint density at radius 3 is 2.65 bits per heavy atom. The molecule has 0 radical (unpaired) electrons. The lowest BCUT2D eigenvalue weighted by atomic mass is 10.2. The fourth-order valence-corrected chi connectivity index (χ4v) is 2.63.